The molecule has 2 amide bonds. The molecule has 160 valence electrons. The molecule has 2 aromatic rings. The van der Waals surface area contributed by atoms with Gasteiger partial charge in [0.15, 0.2) is 0 Å². The molecular weight excluding hydrogens is 378 g/mol. The van der Waals surface area contributed by atoms with Crippen LogP contribution in [0.15, 0.2) is 60.7 Å². The average Bonchev–Trinajstić information content (AvgIpc) is 2.75. The summed E-state index contributed by atoms with van der Waals surface area (Å²) >= 11 is 0. The van der Waals surface area contributed by atoms with E-state index in [0.29, 0.717) is 19.5 Å². The number of carbonyl (C=O) groups excluding carboxylic acids is 1. The van der Waals surface area contributed by atoms with Crippen LogP contribution in [0.4, 0.5) is 4.79 Å². The third kappa shape index (κ3) is 5.60. The summed E-state index contributed by atoms with van der Waals surface area (Å²) in [7, 11) is 0. The van der Waals surface area contributed by atoms with Crippen LogP contribution in [-0.4, -0.2) is 59.1 Å². The molecular formula is C24H31N3O3. The zero-order valence-electron chi connectivity index (χ0n) is 17.7. The number of benzene rings is 2. The number of amides is 2. The first kappa shape index (κ1) is 21.8. The van der Waals surface area contributed by atoms with Gasteiger partial charge in [-0.15, -0.1) is 0 Å². The summed E-state index contributed by atoms with van der Waals surface area (Å²) < 4.78 is 0. The molecule has 1 fully saturated rings. The number of carbonyl (C=O) groups is 2. The molecule has 0 aliphatic carbocycles. The largest absolute Gasteiger partial charge is 0.480 e. The highest BCUT2D eigenvalue weighted by atomic mass is 16.4. The lowest BCUT2D eigenvalue weighted by Crippen LogP contribution is -2.55. The maximum absolute atomic E-state index is 12.6. The summed E-state index contributed by atoms with van der Waals surface area (Å²) in [6.07, 6.45) is 0.422. The number of urea groups is 1. The lowest BCUT2D eigenvalue weighted by molar-refractivity contribution is -0.139. The Bertz CT molecular complexity index is 779. The van der Waals surface area contributed by atoms with Gasteiger partial charge < -0.3 is 15.3 Å². The summed E-state index contributed by atoms with van der Waals surface area (Å²) in [5.74, 6) is -0.787. The fourth-order valence-corrected chi connectivity index (χ4v) is 4.00. The third-order valence-electron chi connectivity index (χ3n) is 5.50. The molecule has 1 saturated heterocycles. The number of piperazine rings is 1. The lowest BCUT2D eigenvalue weighted by Gasteiger charge is -2.40. The number of rotatable bonds is 7. The molecule has 0 saturated carbocycles. The highest BCUT2D eigenvalue weighted by molar-refractivity contribution is 5.82. The quantitative estimate of drug-likeness (QED) is 0.733. The average molecular weight is 410 g/mol. The number of nitrogens with one attached hydrogen (secondary N) is 1. The van der Waals surface area contributed by atoms with Crippen molar-refractivity contribution in [2.24, 2.45) is 5.92 Å². The molecule has 0 unspecified atom stereocenters. The summed E-state index contributed by atoms with van der Waals surface area (Å²) in [6.45, 7) is 6.49. The van der Waals surface area contributed by atoms with Crippen LogP contribution in [0.1, 0.15) is 37.4 Å². The van der Waals surface area contributed by atoms with Crippen molar-refractivity contribution in [1.82, 2.24) is 15.1 Å². The third-order valence-corrected chi connectivity index (χ3v) is 5.50. The molecule has 1 atom stereocenters. The Balaban J connectivity index is 1.67. The second-order valence-corrected chi connectivity index (χ2v) is 8.22. The van der Waals surface area contributed by atoms with E-state index in [1.807, 2.05) is 26.0 Å². The number of carboxylic acid groups (broad SMARTS) is 1. The number of hydrogen-bond donors (Lipinski definition) is 2. The number of carboxylic acids is 1. The predicted octanol–water partition coefficient (Wildman–Crippen LogP) is 3.60. The summed E-state index contributed by atoms with van der Waals surface area (Å²) in [5.41, 5.74) is 2.45. The highest BCUT2D eigenvalue weighted by Gasteiger charge is 2.30. The van der Waals surface area contributed by atoms with Crippen LogP contribution < -0.4 is 5.32 Å². The molecule has 1 aliphatic heterocycles. The van der Waals surface area contributed by atoms with Gasteiger partial charge >= 0.3 is 12.0 Å². The van der Waals surface area contributed by atoms with Gasteiger partial charge in [0, 0.05) is 26.2 Å². The van der Waals surface area contributed by atoms with E-state index in [1.54, 1.807) is 4.90 Å². The predicted molar refractivity (Wildman–Crippen MR) is 117 cm³/mol. The van der Waals surface area contributed by atoms with Gasteiger partial charge in [-0.3, -0.25) is 4.90 Å². The number of aliphatic carboxylic acids is 1. The van der Waals surface area contributed by atoms with E-state index < -0.39 is 12.0 Å². The Morgan fingerprint density at radius 1 is 0.900 bits per heavy atom. The maximum Gasteiger partial charge on any atom is 0.326 e. The van der Waals surface area contributed by atoms with E-state index in [2.05, 4.69) is 58.7 Å². The van der Waals surface area contributed by atoms with Gasteiger partial charge in [-0.05, 0) is 23.5 Å². The maximum atomic E-state index is 12.6. The topological polar surface area (TPSA) is 72.9 Å². The normalized spacial score (nSPS) is 15.9. The Labute approximate surface area is 178 Å². The molecule has 6 nitrogen and oxygen atoms in total. The standard InChI is InChI=1S/C24H31N3O3/c1-18(2)17-21(23(28)29)25-24(30)27-15-13-26(14-16-27)22(19-9-5-3-6-10-19)20-11-7-4-8-12-20/h3-12,18,21-22H,13-17H2,1-2H3,(H,25,30)(H,28,29)/t21-/m0/s1. The molecule has 0 bridgehead atoms. The van der Waals surface area contributed by atoms with Crippen molar-refractivity contribution in [2.75, 3.05) is 26.2 Å². The summed E-state index contributed by atoms with van der Waals surface area (Å²) in [4.78, 5) is 28.2. The first-order chi connectivity index (χ1) is 14.5. The second-order valence-electron chi connectivity index (χ2n) is 8.22. The summed E-state index contributed by atoms with van der Waals surface area (Å²) in [5, 5.41) is 12.1. The smallest absolute Gasteiger partial charge is 0.326 e. The van der Waals surface area contributed by atoms with E-state index in [0.717, 1.165) is 13.1 Å². The van der Waals surface area contributed by atoms with Crippen LogP contribution in [0.3, 0.4) is 0 Å². The van der Waals surface area contributed by atoms with E-state index in [9.17, 15) is 14.7 Å². The van der Waals surface area contributed by atoms with Gasteiger partial charge in [0.05, 0.1) is 6.04 Å². The first-order valence-electron chi connectivity index (χ1n) is 10.6. The van der Waals surface area contributed by atoms with E-state index in [1.165, 1.54) is 11.1 Å². The van der Waals surface area contributed by atoms with Gasteiger partial charge in [0.1, 0.15) is 6.04 Å². The Kier molecular flexibility index (Phi) is 7.46. The number of nitrogens with zero attached hydrogens (tertiary/aromatic N) is 2. The number of hydrogen-bond acceptors (Lipinski definition) is 3. The van der Waals surface area contributed by atoms with Crippen molar-refractivity contribution in [3.05, 3.63) is 71.8 Å². The van der Waals surface area contributed by atoms with E-state index in [-0.39, 0.29) is 18.0 Å². The van der Waals surface area contributed by atoms with Gasteiger partial charge in [0.2, 0.25) is 0 Å². The van der Waals surface area contributed by atoms with Crippen molar-refractivity contribution in [3.63, 3.8) is 0 Å². The van der Waals surface area contributed by atoms with Crippen LogP contribution in [0.25, 0.3) is 0 Å². The van der Waals surface area contributed by atoms with Crippen molar-refractivity contribution < 1.29 is 14.7 Å². The molecule has 6 heteroatoms. The second kappa shape index (κ2) is 10.3. The minimum absolute atomic E-state index is 0.130. The minimum atomic E-state index is -0.982. The highest BCUT2D eigenvalue weighted by Crippen LogP contribution is 2.29. The Hall–Kier alpha value is -2.86. The van der Waals surface area contributed by atoms with Gasteiger partial charge in [0.25, 0.3) is 0 Å². The van der Waals surface area contributed by atoms with Crippen LogP contribution in [-0.2, 0) is 4.79 Å². The molecule has 30 heavy (non-hydrogen) atoms. The molecule has 2 N–H and O–H groups in total. The molecule has 0 aromatic heterocycles. The molecule has 2 aromatic carbocycles. The van der Waals surface area contributed by atoms with Crippen LogP contribution in [0.2, 0.25) is 0 Å². The van der Waals surface area contributed by atoms with E-state index in [4.69, 9.17) is 0 Å². The van der Waals surface area contributed by atoms with Gasteiger partial charge in [-0.25, -0.2) is 9.59 Å². The molecule has 3 rings (SSSR count). The van der Waals surface area contributed by atoms with Crippen LogP contribution in [0.5, 0.6) is 0 Å². The molecule has 1 heterocycles. The van der Waals surface area contributed by atoms with Crippen molar-refractivity contribution >= 4 is 12.0 Å². The minimum Gasteiger partial charge on any atom is -0.480 e. The Morgan fingerprint density at radius 2 is 1.40 bits per heavy atom. The summed E-state index contributed by atoms with van der Waals surface area (Å²) in [6, 6.07) is 19.8. The van der Waals surface area contributed by atoms with Crippen LogP contribution in [0, 0.1) is 5.92 Å². The first-order valence-corrected chi connectivity index (χ1v) is 10.6. The molecule has 0 radical (unpaired) electrons. The zero-order valence-corrected chi connectivity index (χ0v) is 17.7. The fraction of sp³-hybridized carbons (Fsp3) is 0.417. The van der Waals surface area contributed by atoms with Gasteiger partial charge in [-0.2, -0.15) is 0 Å². The van der Waals surface area contributed by atoms with Crippen LogP contribution >= 0.6 is 0 Å². The van der Waals surface area contributed by atoms with E-state index >= 15 is 0 Å². The van der Waals surface area contributed by atoms with Crippen molar-refractivity contribution in [1.29, 1.82) is 0 Å². The van der Waals surface area contributed by atoms with Crippen molar-refractivity contribution in [3.8, 4) is 0 Å². The van der Waals surface area contributed by atoms with Gasteiger partial charge in [-0.1, -0.05) is 74.5 Å². The monoisotopic (exact) mass is 409 g/mol. The molecule has 0 spiro atoms. The Morgan fingerprint density at radius 3 is 1.83 bits per heavy atom. The fourth-order valence-electron chi connectivity index (χ4n) is 4.00. The molecule has 1 aliphatic rings. The zero-order chi connectivity index (χ0) is 21.5. The van der Waals surface area contributed by atoms with Crippen molar-refractivity contribution in [2.45, 2.75) is 32.4 Å². The SMILES string of the molecule is CC(C)C[C@H](NC(=O)N1CCN(C(c2ccccc2)c2ccccc2)CC1)C(=O)O. The lowest BCUT2D eigenvalue weighted by atomic mass is 9.96.